The Morgan fingerprint density at radius 3 is 2.50 bits per heavy atom. The molecule has 0 bridgehead atoms. The molecule has 2 N–H and O–H groups in total. The van der Waals surface area contributed by atoms with Crippen molar-refractivity contribution in [3.8, 4) is 0 Å². The number of nitrogens with one attached hydrogen (secondary N) is 1. The van der Waals surface area contributed by atoms with E-state index < -0.39 is 30.3 Å². The van der Waals surface area contributed by atoms with Crippen molar-refractivity contribution in [3.63, 3.8) is 0 Å². The van der Waals surface area contributed by atoms with Crippen molar-refractivity contribution in [1.29, 1.82) is 0 Å². The van der Waals surface area contributed by atoms with E-state index in [-0.39, 0.29) is 10.7 Å². The summed E-state index contributed by atoms with van der Waals surface area (Å²) < 4.78 is 36.1. The lowest BCUT2D eigenvalue weighted by atomic mass is 10.2. The first-order valence-electron chi connectivity index (χ1n) is 4.31. The van der Waals surface area contributed by atoms with Crippen molar-refractivity contribution >= 4 is 29.3 Å². The minimum absolute atomic E-state index is 0.302. The van der Waals surface area contributed by atoms with Crippen LogP contribution in [0, 0.1) is 0 Å². The van der Waals surface area contributed by atoms with Crippen LogP contribution in [0.25, 0.3) is 0 Å². The van der Waals surface area contributed by atoms with Crippen LogP contribution in [0.5, 0.6) is 0 Å². The number of carbonyl (C=O) groups excluding carboxylic acids is 1. The molecule has 1 heterocycles. The maximum Gasteiger partial charge on any atom is 0.471 e. The molecule has 0 aliphatic heterocycles. The van der Waals surface area contributed by atoms with Crippen molar-refractivity contribution in [2.75, 3.05) is 5.32 Å². The van der Waals surface area contributed by atoms with Gasteiger partial charge in [0.25, 0.3) is 0 Å². The lowest BCUT2D eigenvalue weighted by Crippen LogP contribution is -2.31. The average molecular weight is 284 g/mol. The summed E-state index contributed by atoms with van der Waals surface area (Å²) in [5.74, 6) is -4.21. The highest BCUT2D eigenvalue weighted by atomic mass is 35.5. The van der Waals surface area contributed by atoms with Gasteiger partial charge in [0, 0.05) is 5.56 Å². The Hall–Kier alpha value is -1.90. The molecule has 10 heteroatoms. The molecule has 0 fully saturated rings. The van der Waals surface area contributed by atoms with Crippen molar-refractivity contribution in [1.82, 2.24) is 9.97 Å². The Balaban J connectivity index is 3.05. The number of anilines is 1. The zero-order valence-electron chi connectivity index (χ0n) is 8.45. The van der Waals surface area contributed by atoms with Gasteiger partial charge in [-0.05, 0) is 0 Å². The number of hydrogen-bond donors (Lipinski definition) is 2. The Bertz CT molecular complexity index is 492. The van der Waals surface area contributed by atoms with E-state index in [4.69, 9.17) is 16.7 Å². The molecule has 0 aliphatic carbocycles. The summed E-state index contributed by atoms with van der Waals surface area (Å²) in [6.45, 7) is 0. The first-order valence-corrected chi connectivity index (χ1v) is 4.69. The summed E-state index contributed by atoms with van der Waals surface area (Å²) >= 11 is 5.52. The van der Waals surface area contributed by atoms with E-state index in [0.717, 1.165) is 6.33 Å². The molecule has 0 spiro atoms. The maximum atomic E-state index is 12.0. The minimum Gasteiger partial charge on any atom is -0.481 e. The molecule has 1 rings (SSSR count). The Morgan fingerprint density at radius 2 is 2.00 bits per heavy atom. The fourth-order valence-corrected chi connectivity index (χ4v) is 1.18. The van der Waals surface area contributed by atoms with Crippen LogP contribution < -0.4 is 5.32 Å². The number of hydrogen-bond acceptors (Lipinski definition) is 4. The lowest BCUT2D eigenvalue weighted by molar-refractivity contribution is -0.167. The van der Waals surface area contributed by atoms with Crippen molar-refractivity contribution in [2.24, 2.45) is 0 Å². The van der Waals surface area contributed by atoms with E-state index in [1.807, 2.05) is 0 Å². The molecule has 1 amide bonds. The van der Waals surface area contributed by atoms with Gasteiger partial charge in [0.2, 0.25) is 0 Å². The quantitative estimate of drug-likeness (QED) is 0.815. The van der Waals surface area contributed by atoms with Crippen LogP contribution in [0.15, 0.2) is 6.33 Å². The summed E-state index contributed by atoms with van der Waals surface area (Å²) in [5, 5.41) is 9.65. The number of nitrogens with zero attached hydrogens (tertiary/aromatic N) is 2. The van der Waals surface area contributed by atoms with Crippen LogP contribution in [0.4, 0.5) is 19.0 Å². The number of rotatable bonds is 3. The van der Waals surface area contributed by atoms with E-state index in [1.54, 1.807) is 0 Å². The van der Waals surface area contributed by atoms with Gasteiger partial charge in [-0.1, -0.05) is 11.6 Å². The van der Waals surface area contributed by atoms with Crippen LogP contribution in [0.2, 0.25) is 5.15 Å². The SMILES string of the molecule is O=C(O)Cc1c(Cl)ncnc1NC(=O)C(F)(F)F. The molecule has 0 saturated heterocycles. The third-order valence-electron chi connectivity index (χ3n) is 1.71. The maximum absolute atomic E-state index is 12.0. The lowest BCUT2D eigenvalue weighted by Gasteiger charge is -2.10. The summed E-state index contributed by atoms with van der Waals surface area (Å²) in [5.41, 5.74) is -0.302. The van der Waals surface area contributed by atoms with Gasteiger partial charge in [0.1, 0.15) is 17.3 Å². The van der Waals surface area contributed by atoms with Gasteiger partial charge in [-0.25, -0.2) is 9.97 Å². The van der Waals surface area contributed by atoms with Gasteiger partial charge < -0.3 is 10.4 Å². The molecule has 0 radical (unpaired) electrons. The number of amides is 1. The van der Waals surface area contributed by atoms with E-state index in [9.17, 15) is 22.8 Å². The number of aromatic nitrogens is 2. The number of carbonyl (C=O) groups is 2. The molecule has 6 nitrogen and oxygen atoms in total. The summed E-state index contributed by atoms with van der Waals surface area (Å²) in [6, 6.07) is 0. The summed E-state index contributed by atoms with van der Waals surface area (Å²) in [7, 11) is 0. The number of carboxylic acids is 1. The van der Waals surface area contributed by atoms with Crippen molar-refractivity contribution in [3.05, 3.63) is 17.0 Å². The second-order valence-corrected chi connectivity index (χ2v) is 3.37. The van der Waals surface area contributed by atoms with E-state index in [1.165, 1.54) is 5.32 Å². The number of aliphatic carboxylic acids is 1. The third kappa shape index (κ3) is 3.55. The standard InChI is InChI=1S/C8H5ClF3N3O3/c9-5-3(1-4(16)17)6(14-2-13-5)15-7(18)8(10,11)12/h2H,1H2,(H,16,17)(H,13,14,15,18). The predicted octanol–water partition coefficient (Wildman–Crippen LogP) is 1.26. The second-order valence-electron chi connectivity index (χ2n) is 3.01. The van der Waals surface area contributed by atoms with Crippen molar-refractivity contribution in [2.45, 2.75) is 12.6 Å². The molecule has 0 aromatic carbocycles. The van der Waals surface area contributed by atoms with Gasteiger partial charge in [0.05, 0.1) is 6.42 Å². The van der Waals surface area contributed by atoms with Crippen molar-refractivity contribution < 1.29 is 27.9 Å². The van der Waals surface area contributed by atoms with Crippen LogP contribution >= 0.6 is 11.6 Å². The normalized spacial score (nSPS) is 11.1. The molecular weight excluding hydrogens is 279 g/mol. The zero-order chi connectivity index (χ0) is 13.9. The van der Waals surface area contributed by atoms with Crippen LogP contribution in [0.1, 0.15) is 5.56 Å². The zero-order valence-corrected chi connectivity index (χ0v) is 9.21. The van der Waals surface area contributed by atoms with Crippen LogP contribution in [-0.4, -0.2) is 33.1 Å². The van der Waals surface area contributed by atoms with Gasteiger partial charge in [-0.3, -0.25) is 9.59 Å². The molecule has 18 heavy (non-hydrogen) atoms. The molecule has 0 aliphatic rings. The Labute approximate surface area is 103 Å². The molecule has 0 atom stereocenters. The first kappa shape index (κ1) is 14.2. The fraction of sp³-hybridized carbons (Fsp3) is 0.250. The largest absolute Gasteiger partial charge is 0.481 e. The Kier molecular flexibility index (Phi) is 4.07. The molecular formula is C8H5ClF3N3O3. The number of carboxylic acid groups (broad SMARTS) is 1. The highest BCUT2D eigenvalue weighted by Gasteiger charge is 2.39. The fourth-order valence-electron chi connectivity index (χ4n) is 0.985. The smallest absolute Gasteiger partial charge is 0.471 e. The molecule has 0 unspecified atom stereocenters. The molecule has 0 saturated carbocycles. The number of alkyl halides is 3. The average Bonchev–Trinajstić information content (AvgIpc) is 2.21. The van der Waals surface area contributed by atoms with Crippen LogP contribution in [-0.2, 0) is 16.0 Å². The highest BCUT2D eigenvalue weighted by molar-refractivity contribution is 6.30. The second kappa shape index (κ2) is 5.17. The molecule has 1 aromatic heterocycles. The Morgan fingerprint density at radius 1 is 1.39 bits per heavy atom. The summed E-state index contributed by atoms with van der Waals surface area (Å²) in [4.78, 5) is 28.0. The van der Waals surface area contributed by atoms with E-state index in [2.05, 4.69) is 9.97 Å². The number of halogens is 4. The first-order chi connectivity index (χ1) is 8.21. The predicted molar refractivity (Wildman–Crippen MR) is 53.1 cm³/mol. The van der Waals surface area contributed by atoms with Gasteiger partial charge in [-0.15, -0.1) is 0 Å². The van der Waals surface area contributed by atoms with Gasteiger partial charge in [-0.2, -0.15) is 13.2 Å². The van der Waals surface area contributed by atoms with Gasteiger partial charge in [0.15, 0.2) is 0 Å². The summed E-state index contributed by atoms with van der Waals surface area (Å²) in [6.07, 6.45) is -5.02. The van der Waals surface area contributed by atoms with E-state index in [0.29, 0.717) is 0 Å². The van der Waals surface area contributed by atoms with Crippen LogP contribution in [0.3, 0.4) is 0 Å². The van der Waals surface area contributed by atoms with E-state index >= 15 is 0 Å². The highest BCUT2D eigenvalue weighted by Crippen LogP contribution is 2.23. The third-order valence-corrected chi connectivity index (χ3v) is 2.04. The monoisotopic (exact) mass is 283 g/mol. The molecule has 1 aromatic rings. The topological polar surface area (TPSA) is 92.2 Å². The molecule has 98 valence electrons. The van der Waals surface area contributed by atoms with Gasteiger partial charge >= 0.3 is 18.1 Å². The minimum atomic E-state index is -5.11.